The largest absolute Gasteiger partial charge is 0.507 e. The minimum Gasteiger partial charge on any atom is -0.507 e. The second kappa shape index (κ2) is 11.8. The molecular formula is C27H31N7O2. The van der Waals surface area contributed by atoms with Crippen molar-refractivity contribution in [2.24, 2.45) is 21.6 Å². The molecule has 0 saturated carbocycles. The van der Waals surface area contributed by atoms with Crippen molar-refractivity contribution in [2.45, 2.75) is 12.8 Å². The molecule has 1 heterocycles. The zero-order chi connectivity index (χ0) is 26.2. The van der Waals surface area contributed by atoms with Gasteiger partial charge in [-0.15, -0.1) is 0 Å². The Bertz CT molecular complexity index is 1270. The van der Waals surface area contributed by atoms with E-state index in [0.717, 1.165) is 24.1 Å². The number of phenols is 1. The van der Waals surface area contributed by atoms with Crippen LogP contribution in [0.4, 0.5) is 5.69 Å². The molecule has 0 spiro atoms. The number of carbonyl (C=O) groups is 1. The summed E-state index contributed by atoms with van der Waals surface area (Å²) < 4.78 is 0. The van der Waals surface area contributed by atoms with Crippen LogP contribution in [0.25, 0.3) is 16.8 Å². The van der Waals surface area contributed by atoms with Gasteiger partial charge in [0.25, 0.3) is 0 Å². The van der Waals surface area contributed by atoms with Crippen molar-refractivity contribution in [3.05, 3.63) is 53.1 Å². The van der Waals surface area contributed by atoms with Crippen LogP contribution in [0.15, 0.2) is 46.4 Å². The molecule has 0 aromatic heterocycles. The minimum absolute atomic E-state index is 0.0717. The average Bonchev–Trinajstić information content (AvgIpc) is 2.90. The average molecular weight is 486 g/mol. The Labute approximate surface area is 211 Å². The van der Waals surface area contributed by atoms with Gasteiger partial charge in [0, 0.05) is 63.2 Å². The number of carbonyl (C=O) groups excluding carboxylic acids is 1. The molecule has 4 N–H and O–H groups in total. The van der Waals surface area contributed by atoms with Gasteiger partial charge >= 0.3 is 0 Å². The maximum atomic E-state index is 11.5. The molecule has 186 valence electrons. The first-order valence-electron chi connectivity index (χ1n) is 11.6. The van der Waals surface area contributed by atoms with E-state index in [1.165, 1.54) is 6.07 Å². The van der Waals surface area contributed by atoms with E-state index in [1.54, 1.807) is 55.8 Å². The van der Waals surface area contributed by atoms with Gasteiger partial charge in [-0.25, -0.2) is 0 Å². The molecule has 9 nitrogen and oxygen atoms in total. The SMILES string of the molecule is CN=CC=C(N)c1ccc(-c2ccc(O)c(C=O)c2)c(N2CCC(C(=N)N(C)C=NC)CC2)c1C#N. The Kier molecular flexibility index (Phi) is 8.57. The van der Waals surface area contributed by atoms with Crippen molar-refractivity contribution in [3.8, 4) is 22.9 Å². The maximum absolute atomic E-state index is 11.5. The number of anilines is 1. The molecule has 0 unspecified atom stereocenters. The molecular weight excluding hydrogens is 454 g/mol. The third kappa shape index (κ3) is 5.44. The van der Waals surface area contributed by atoms with E-state index in [4.69, 9.17) is 11.1 Å². The van der Waals surface area contributed by atoms with Gasteiger partial charge in [0.15, 0.2) is 6.29 Å². The van der Waals surface area contributed by atoms with Crippen molar-refractivity contribution in [1.29, 1.82) is 10.7 Å². The van der Waals surface area contributed by atoms with E-state index in [0.29, 0.717) is 47.6 Å². The highest BCUT2D eigenvalue weighted by Crippen LogP contribution is 2.40. The first kappa shape index (κ1) is 26.2. The second-order valence-electron chi connectivity index (χ2n) is 8.55. The number of nitrogens with one attached hydrogen (secondary N) is 1. The summed E-state index contributed by atoms with van der Waals surface area (Å²) in [5.74, 6) is 0.481. The van der Waals surface area contributed by atoms with Crippen molar-refractivity contribution in [1.82, 2.24) is 4.90 Å². The van der Waals surface area contributed by atoms with Crippen molar-refractivity contribution in [3.63, 3.8) is 0 Å². The van der Waals surface area contributed by atoms with Gasteiger partial charge in [-0.05, 0) is 36.6 Å². The number of nitrogens with zero attached hydrogens (tertiary/aromatic N) is 5. The monoisotopic (exact) mass is 485 g/mol. The van der Waals surface area contributed by atoms with E-state index >= 15 is 0 Å². The van der Waals surface area contributed by atoms with Gasteiger partial charge in [0.2, 0.25) is 0 Å². The molecule has 1 saturated heterocycles. The summed E-state index contributed by atoms with van der Waals surface area (Å²) in [6.45, 7) is 1.27. The fraction of sp³-hybridized carbons (Fsp3) is 0.296. The van der Waals surface area contributed by atoms with Gasteiger partial charge in [0.05, 0.1) is 23.2 Å². The lowest BCUT2D eigenvalue weighted by Crippen LogP contribution is -2.41. The van der Waals surface area contributed by atoms with Crippen LogP contribution in [-0.4, -0.2) is 68.9 Å². The standard InChI is InChI=1S/C27H31N7O2/c1-31-11-8-24(29)22-6-5-21(19-4-7-25(36)20(14-19)16-35)26(23(22)15-28)34-12-9-18(10-13-34)27(30)33(3)17-32-2/h4-8,11,14,16-18,30,36H,9-10,12-13,29H2,1-3H3. The minimum atomic E-state index is -0.0995. The number of phenolic OH excluding ortho intramolecular Hbond substituents is 1. The fourth-order valence-electron chi connectivity index (χ4n) is 4.47. The predicted molar refractivity (Wildman–Crippen MR) is 145 cm³/mol. The lowest BCUT2D eigenvalue weighted by molar-refractivity contribution is 0.112. The normalized spacial score (nSPS) is 14.8. The van der Waals surface area contributed by atoms with Crippen molar-refractivity contribution < 1.29 is 9.90 Å². The highest BCUT2D eigenvalue weighted by molar-refractivity contribution is 5.93. The molecule has 0 bridgehead atoms. The maximum Gasteiger partial charge on any atom is 0.153 e. The zero-order valence-corrected chi connectivity index (χ0v) is 20.8. The number of nitriles is 1. The molecule has 0 aliphatic carbocycles. The van der Waals surface area contributed by atoms with E-state index < -0.39 is 0 Å². The van der Waals surface area contributed by atoms with Gasteiger partial charge in [0.1, 0.15) is 17.7 Å². The van der Waals surface area contributed by atoms with E-state index in [-0.39, 0.29) is 17.2 Å². The highest BCUT2D eigenvalue weighted by Gasteiger charge is 2.28. The molecule has 1 aliphatic rings. The predicted octanol–water partition coefficient (Wildman–Crippen LogP) is 3.53. The van der Waals surface area contributed by atoms with Gasteiger partial charge in [-0.3, -0.25) is 20.2 Å². The topological polar surface area (TPSA) is 142 Å². The molecule has 2 aromatic carbocycles. The number of allylic oxidation sites excluding steroid dienone is 1. The molecule has 1 aliphatic heterocycles. The number of amidine groups is 1. The zero-order valence-electron chi connectivity index (χ0n) is 20.8. The first-order chi connectivity index (χ1) is 17.4. The third-order valence-electron chi connectivity index (χ3n) is 6.34. The molecule has 0 atom stereocenters. The molecule has 0 amide bonds. The van der Waals surface area contributed by atoms with Crippen LogP contribution in [0.3, 0.4) is 0 Å². The Hall–Kier alpha value is -4.45. The lowest BCUT2D eigenvalue weighted by Gasteiger charge is -2.37. The summed E-state index contributed by atoms with van der Waals surface area (Å²) in [7, 11) is 5.14. The number of benzene rings is 2. The van der Waals surface area contributed by atoms with Gasteiger partial charge in [-0.2, -0.15) is 5.26 Å². The van der Waals surface area contributed by atoms with Gasteiger partial charge < -0.3 is 20.6 Å². The van der Waals surface area contributed by atoms with E-state index in [1.807, 2.05) is 13.1 Å². The number of hydrogen-bond donors (Lipinski definition) is 3. The Morgan fingerprint density at radius 2 is 1.97 bits per heavy atom. The highest BCUT2D eigenvalue weighted by atomic mass is 16.3. The number of nitrogens with two attached hydrogens (primary N) is 1. The van der Waals surface area contributed by atoms with Crippen molar-refractivity contribution in [2.75, 3.05) is 39.1 Å². The Morgan fingerprint density at radius 3 is 2.58 bits per heavy atom. The molecule has 1 fully saturated rings. The number of aromatic hydroxyl groups is 1. The number of rotatable bonds is 7. The Balaban J connectivity index is 2.10. The number of aldehydes is 1. The lowest BCUT2D eigenvalue weighted by atomic mass is 9.90. The van der Waals surface area contributed by atoms with Crippen LogP contribution in [0.1, 0.15) is 34.3 Å². The van der Waals surface area contributed by atoms with Crippen LogP contribution < -0.4 is 10.6 Å². The number of aliphatic imine (C=N–C) groups is 2. The van der Waals surface area contributed by atoms with E-state index in [9.17, 15) is 15.2 Å². The summed E-state index contributed by atoms with van der Waals surface area (Å²) in [5, 5.41) is 28.8. The van der Waals surface area contributed by atoms with Crippen molar-refractivity contribution >= 4 is 36.1 Å². The fourth-order valence-corrected chi connectivity index (χ4v) is 4.47. The third-order valence-corrected chi connectivity index (χ3v) is 6.34. The molecule has 3 rings (SSSR count). The van der Waals surface area contributed by atoms with Gasteiger partial charge in [-0.1, -0.05) is 18.2 Å². The summed E-state index contributed by atoms with van der Waals surface area (Å²) in [6.07, 6.45) is 6.94. The molecule has 9 heteroatoms. The quantitative estimate of drug-likeness (QED) is 0.311. The molecule has 2 aromatic rings. The molecule has 36 heavy (non-hydrogen) atoms. The number of hydrogen-bond acceptors (Lipinski definition) is 8. The summed E-state index contributed by atoms with van der Waals surface area (Å²) in [6, 6.07) is 10.8. The van der Waals surface area contributed by atoms with Crippen LogP contribution in [-0.2, 0) is 0 Å². The van der Waals surface area contributed by atoms with Crippen LogP contribution in [0.2, 0.25) is 0 Å². The first-order valence-corrected chi connectivity index (χ1v) is 11.6. The smallest absolute Gasteiger partial charge is 0.153 e. The van der Waals surface area contributed by atoms with Crippen LogP contribution >= 0.6 is 0 Å². The van der Waals surface area contributed by atoms with E-state index in [2.05, 4.69) is 21.0 Å². The second-order valence-corrected chi connectivity index (χ2v) is 8.55. The number of piperidine rings is 1. The van der Waals surface area contributed by atoms with Crippen LogP contribution in [0.5, 0.6) is 5.75 Å². The van der Waals surface area contributed by atoms with Crippen LogP contribution in [0, 0.1) is 22.7 Å². The summed E-state index contributed by atoms with van der Waals surface area (Å²) >= 11 is 0. The summed E-state index contributed by atoms with van der Waals surface area (Å²) in [4.78, 5) is 23.3. The summed E-state index contributed by atoms with van der Waals surface area (Å²) in [5.41, 5.74) is 10.1. The molecule has 0 radical (unpaired) electrons. The Morgan fingerprint density at radius 1 is 1.25 bits per heavy atom.